The molecule has 0 aromatic heterocycles. The van der Waals surface area contributed by atoms with E-state index in [2.05, 4.69) is 36.4 Å². The molecule has 1 rings (SSSR count). The Labute approximate surface area is 129 Å². The molecule has 0 bridgehead atoms. The largest absolute Gasteiger partial charge is 0.490 e. The van der Waals surface area contributed by atoms with Crippen LogP contribution in [0.2, 0.25) is 0 Å². The monoisotopic (exact) mass is 294 g/mol. The van der Waals surface area contributed by atoms with E-state index in [0.717, 1.165) is 31.1 Å². The van der Waals surface area contributed by atoms with Gasteiger partial charge in [-0.15, -0.1) is 0 Å². The van der Waals surface area contributed by atoms with Crippen molar-refractivity contribution in [1.29, 1.82) is 0 Å². The van der Waals surface area contributed by atoms with E-state index in [9.17, 15) is 0 Å². The molecule has 0 unspecified atom stereocenters. The first kappa shape index (κ1) is 17.8. The highest BCUT2D eigenvalue weighted by Gasteiger charge is 2.05. The minimum absolute atomic E-state index is 0.654. The summed E-state index contributed by atoms with van der Waals surface area (Å²) in [5.74, 6) is 1.67. The van der Waals surface area contributed by atoms with Crippen molar-refractivity contribution >= 4 is 0 Å². The van der Waals surface area contributed by atoms with E-state index < -0.39 is 0 Å². The van der Waals surface area contributed by atoms with E-state index in [4.69, 9.17) is 9.47 Å². The minimum Gasteiger partial charge on any atom is -0.490 e. The molecule has 0 aliphatic rings. The maximum atomic E-state index is 5.64. The molecule has 4 heteroatoms. The number of hydrogen-bond donors (Lipinski definition) is 1. The molecule has 0 saturated heterocycles. The zero-order valence-corrected chi connectivity index (χ0v) is 13.9. The summed E-state index contributed by atoms with van der Waals surface area (Å²) < 4.78 is 11.2. The first-order valence-electron chi connectivity index (χ1n) is 7.91. The third-order valence-corrected chi connectivity index (χ3v) is 3.15. The third kappa shape index (κ3) is 7.34. The Bertz CT molecular complexity index is 394. The maximum absolute atomic E-state index is 5.64. The normalized spacial score (nSPS) is 10.9. The molecule has 1 aromatic rings. The number of unbranched alkanes of at least 4 members (excludes halogenated alkanes) is 1. The van der Waals surface area contributed by atoms with Gasteiger partial charge < -0.3 is 19.7 Å². The predicted molar refractivity (Wildman–Crippen MR) is 88.3 cm³/mol. The second-order valence-electron chi connectivity index (χ2n) is 5.33. The fourth-order valence-corrected chi connectivity index (χ4v) is 2.12. The molecular weight excluding hydrogens is 264 g/mol. The summed E-state index contributed by atoms with van der Waals surface area (Å²) in [6.07, 6.45) is 2.43. The second-order valence-corrected chi connectivity index (χ2v) is 5.33. The van der Waals surface area contributed by atoms with Crippen molar-refractivity contribution in [3.8, 4) is 11.5 Å². The number of nitrogens with zero attached hydrogens (tertiary/aromatic N) is 1. The zero-order valence-electron chi connectivity index (χ0n) is 13.9. The highest BCUT2D eigenvalue weighted by Crippen LogP contribution is 2.28. The van der Waals surface area contributed by atoms with Crippen molar-refractivity contribution in [2.45, 2.75) is 33.2 Å². The highest BCUT2D eigenvalue weighted by atomic mass is 16.5. The van der Waals surface area contributed by atoms with Crippen LogP contribution < -0.4 is 14.8 Å². The second kappa shape index (κ2) is 10.5. The summed E-state index contributed by atoms with van der Waals surface area (Å²) in [7, 11) is 4.23. The SMILES string of the molecule is CCOc1ccc(CNCCCCN(C)C)cc1OCC. The fourth-order valence-electron chi connectivity index (χ4n) is 2.12. The Morgan fingerprint density at radius 1 is 1.00 bits per heavy atom. The van der Waals surface area contributed by atoms with Gasteiger partial charge >= 0.3 is 0 Å². The van der Waals surface area contributed by atoms with Crippen LogP contribution >= 0.6 is 0 Å². The van der Waals surface area contributed by atoms with E-state index in [1.165, 1.54) is 18.4 Å². The Balaban J connectivity index is 2.39. The van der Waals surface area contributed by atoms with Crippen molar-refractivity contribution in [3.05, 3.63) is 23.8 Å². The average Bonchev–Trinajstić information content (AvgIpc) is 2.45. The van der Waals surface area contributed by atoms with E-state index in [-0.39, 0.29) is 0 Å². The quantitative estimate of drug-likeness (QED) is 0.636. The molecule has 0 atom stereocenters. The summed E-state index contributed by atoms with van der Waals surface area (Å²) in [4.78, 5) is 2.22. The highest BCUT2D eigenvalue weighted by molar-refractivity contribution is 5.43. The van der Waals surface area contributed by atoms with Crippen LogP contribution in [0.25, 0.3) is 0 Å². The maximum Gasteiger partial charge on any atom is 0.161 e. The van der Waals surface area contributed by atoms with Crippen LogP contribution in [0.4, 0.5) is 0 Å². The molecular formula is C17H30N2O2. The van der Waals surface area contributed by atoms with Gasteiger partial charge in [0.25, 0.3) is 0 Å². The van der Waals surface area contributed by atoms with Crippen LogP contribution in [0.1, 0.15) is 32.3 Å². The first-order valence-corrected chi connectivity index (χ1v) is 7.91. The Kier molecular flexibility index (Phi) is 8.87. The number of nitrogens with one attached hydrogen (secondary N) is 1. The van der Waals surface area contributed by atoms with Gasteiger partial charge in [0, 0.05) is 6.54 Å². The smallest absolute Gasteiger partial charge is 0.161 e. The Morgan fingerprint density at radius 2 is 1.71 bits per heavy atom. The van der Waals surface area contributed by atoms with Crippen LogP contribution in [0.15, 0.2) is 18.2 Å². The van der Waals surface area contributed by atoms with Crippen molar-refractivity contribution < 1.29 is 9.47 Å². The molecule has 1 N–H and O–H groups in total. The molecule has 0 aliphatic carbocycles. The number of benzene rings is 1. The van der Waals surface area contributed by atoms with Crippen LogP contribution in [0.5, 0.6) is 11.5 Å². The molecule has 21 heavy (non-hydrogen) atoms. The summed E-state index contributed by atoms with van der Waals surface area (Å²) in [6.45, 7) is 8.36. The van der Waals surface area contributed by atoms with E-state index in [1.54, 1.807) is 0 Å². The van der Waals surface area contributed by atoms with Crippen LogP contribution in [0.3, 0.4) is 0 Å². The molecule has 0 spiro atoms. The summed E-state index contributed by atoms with van der Waals surface area (Å²) in [5.41, 5.74) is 1.23. The molecule has 120 valence electrons. The van der Waals surface area contributed by atoms with Crippen molar-refractivity contribution in [1.82, 2.24) is 10.2 Å². The lowest BCUT2D eigenvalue weighted by Gasteiger charge is -2.13. The lowest BCUT2D eigenvalue weighted by atomic mass is 10.2. The van der Waals surface area contributed by atoms with Gasteiger partial charge in [-0.1, -0.05) is 6.07 Å². The van der Waals surface area contributed by atoms with E-state index in [0.29, 0.717) is 13.2 Å². The van der Waals surface area contributed by atoms with Crippen LogP contribution in [0, 0.1) is 0 Å². The van der Waals surface area contributed by atoms with Gasteiger partial charge in [-0.25, -0.2) is 0 Å². The minimum atomic E-state index is 0.654. The molecule has 1 aromatic carbocycles. The van der Waals surface area contributed by atoms with Crippen molar-refractivity contribution in [3.63, 3.8) is 0 Å². The summed E-state index contributed by atoms with van der Waals surface area (Å²) in [6, 6.07) is 6.17. The summed E-state index contributed by atoms with van der Waals surface area (Å²) in [5, 5.41) is 3.48. The predicted octanol–water partition coefficient (Wildman–Crippen LogP) is 2.92. The number of rotatable bonds is 11. The standard InChI is InChI=1S/C17H30N2O2/c1-5-20-16-10-9-15(13-17(16)21-6-2)14-18-11-7-8-12-19(3)4/h9-10,13,18H,5-8,11-12,14H2,1-4H3. The number of ether oxygens (including phenoxy) is 2. The van der Waals surface area contributed by atoms with E-state index in [1.807, 2.05) is 19.9 Å². The average molecular weight is 294 g/mol. The lowest BCUT2D eigenvalue weighted by Crippen LogP contribution is -2.18. The lowest BCUT2D eigenvalue weighted by molar-refractivity contribution is 0.287. The third-order valence-electron chi connectivity index (χ3n) is 3.15. The van der Waals surface area contributed by atoms with Gasteiger partial charge in [-0.2, -0.15) is 0 Å². The molecule has 0 radical (unpaired) electrons. The molecule has 0 fully saturated rings. The topological polar surface area (TPSA) is 33.7 Å². The number of hydrogen-bond acceptors (Lipinski definition) is 4. The van der Waals surface area contributed by atoms with Crippen molar-refractivity contribution in [2.75, 3.05) is 40.4 Å². The van der Waals surface area contributed by atoms with Gasteiger partial charge in [-0.3, -0.25) is 0 Å². The molecule has 4 nitrogen and oxygen atoms in total. The van der Waals surface area contributed by atoms with Crippen LogP contribution in [-0.4, -0.2) is 45.3 Å². The fraction of sp³-hybridized carbons (Fsp3) is 0.647. The van der Waals surface area contributed by atoms with Gasteiger partial charge in [0.1, 0.15) is 0 Å². The Morgan fingerprint density at radius 3 is 2.38 bits per heavy atom. The van der Waals surface area contributed by atoms with Crippen LogP contribution in [-0.2, 0) is 6.54 Å². The van der Waals surface area contributed by atoms with E-state index >= 15 is 0 Å². The van der Waals surface area contributed by atoms with Gasteiger partial charge in [0.15, 0.2) is 11.5 Å². The molecule has 0 heterocycles. The van der Waals surface area contributed by atoms with Crippen molar-refractivity contribution in [2.24, 2.45) is 0 Å². The van der Waals surface area contributed by atoms with Gasteiger partial charge in [-0.05, 0) is 71.6 Å². The van der Waals surface area contributed by atoms with Gasteiger partial charge in [0.05, 0.1) is 13.2 Å². The molecule has 0 saturated carbocycles. The zero-order chi connectivity index (χ0) is 15.5. The molecule has 0 aliphatic heterocycles. The Hall–Kier alpha value is -1.26. The van der Waals surface area contributed by atoms with Gasteiger partial charge in [0.2, 0.25) is 0 Å². The first-order chi connectivity index (χ1) is 10.2. The summed E-state index contributed by atoms with van der Waals surface area (Å²) >= 11 is 0. The molecule has 0 amide bonds.